The lowest BCUT2D eigenvalue weighted by molar-refractivity contribution is -0.120. The van der Waals surface area contributed by atoms with Crippen LogP contribution in [0.5, 0.6) is 0 Å². The summed E-state index contributed by atoms with van der Waals surface area (Å²) in [6.07, 6.45) is 0. The van der Waals surface area contributed by atoms with Crippen LogP contribution >= 0.6 is 11.6 Å². The van der Waals surface area contributed by atoms with Crippen molar-refractivity contribution in [2.75, 3.05) is 0 Å². The number of ketones is 3. The minimum absolute atomic E-state index is 0.323. The van der Waals surface area contributed by atoms with E-state index < -0.39 is 29.2 Å². The third kappa shape index (κ3) is 3.00. The third-order valence-corrected chi connectivity index (χ3v) is 5.14. The van der Waals surface area contributed by atoms with Crippen LogP contribution < -0.4 is 0 Å². The molecule has 0 aliphatic heterocycles. The highest BCUT2D eigenvalue weighted by molar-refractivity contribution is 6.36. The van der Waals surface area contributed by atoms with Gasteiger partial charge in [-0.3, -0.25) is 14.4 Å². The first-order chi connectivity index (χ1) is 13.1. The monoisotopic (exact) mass is 374 g/mol. The van der Waals surface area contributed by atoms with Crippen LogP contribution in [0.2, 0.25) is 5.02 Å². The molecule has 132 valence electrons. The lowest BCUT2D eigenvalue weighted by atomic mass is 9.80. The Hall–Kier alpha value is -3.04. The van der Waals surface area contributed by atoms with Crippen LogP contribution in [0, 0.1) is 5.92 Å². The normalized spacial score (nSPS) is 14.9. The number of hydrogen-bond acceptors (Lipinski definition) is 3. The van der Waals surface area contributed by atoms with Crippen LogP contribution in [0.25, 0.3) is 0 Å². The molecule has 3 nitrogen and oxygen atoms in total. The minimum Gasteiger partial charge on any atom is -0.297 e. The van der Waals surface area contributed by atoms with Gasteiger partial charge >= 0.3 is 0 Å². The van der Waals surface area contributed by atoms with Crippen LogP contribution in [0.3, 0.4) is 0 Å². The Morgan fingerprint density at radius 1 is 0.704 bits per heavy atom. The molecule has 0 radical (unpaired) electrons. The van der Waals surface area contributed by atoms with E-state index in [-0.39, 0.29) is 0 Å². The molecule has 0 fully saturated rings. The molecule has 4 rings (SSSR count). The van der Waals surface area contributed by atoms with Crippen LogP contribution in [-0.2, 0) is 4.79 Å². The van der Waals surface area contributed by atoms with E-state index in [4.69, 9.17) is 11.6 Å². The van der Waals surface area contributed by atoms with E-state index >= 15 is 0 Å². The van der Waals surface area contributed by atoms with Gasteiger partial charge in [-0.15, -0.1) is 0 Å². The van der Waals surface area contributed by atoms with Crippen molar-refractivity contribution in [3.8, 4) is 0 Å². The van der Waals surface area contributed by atoms with Gasteiger partial charge in [0.25, 0.3) is 0 Å². The number of Topliss-reactive ketones (excluding diaryl/α,β-unsaturated/α-hetero) is 3. The van der Waals surface area contributed by atoms with Crippen molar-refractivity contribution < 1.29 is 14.4 Å². The summed E-state index contributed by atoms with van der Waals surface area (Å²) in [5.41, 5.74) is 2.08. The Kier molecular flexibility index (Phi) is 4.46. The molecule has 3 aromatic carbocycles. The zero-order valence-corrected chi connectivity index (χ0v) is 15.0. The summed E-state index contributed by atoms with van der Waals surface area (Å²) < 4.78 is 0. The predicted octanol–water partition coefficient (Wildman–Crippen LogP) is 4.74. The Morgan fingerprint density at radius 2 is 1.19 bits per heavy atom. The Morgan fingerprint density at radius 3 is 1.74 bits per heavy atom. The van der Waals surface area contributed by atoms with Gasteiger partial charge in [0.15, 0.2) is 17.3 Å². The summed E-state index contributed by atoms with van der Waals surface area (Å²) in [5.74, 6) is -3.26. The fraction of sp³-hybridized carbons (Fsp3) is 0.0870. The first kappa shape index (κ1) is 17.4. The third-order valence-electron chi connectivity index (χ3n) is 4.89. The molecule has 0 amide bonds. The van der Waals surface area contributed by atoms with E-state index in [0.29, 0.717) is 21.7 Å². The number of halogens is 1. The van der Waals surface area contributed by atoms with Gasteiger partial charge in [0, 0.05) is 16.1 Å². The van der Waals surface area contributed by atoms with Gasteiger partial charge in [0.05, 0.1) is 5.92 Å². The standard InChI is InChI=1S/C23H15ClO3/c24-16-12-10-15(11-13-16)19(14-6-2-1-3-7-14)23(27)20-21(25)17-8-4-5-9-18(17)22(20)26/h1-13,19-20H/t19-/m0/s1. The smallest absolute Gasteiger partial charge is 0.181 e. The first-order valence-electron chi connectivity index (χ1n) is 8.59. The minimum atomic E-state index is -1.30. The van der Waals surface area contributed by atoms with Gasteiger partial charge in [-0.2, -0.15) is 0 Å². The van der Waals surface area contributed by atoms with Crippen molar-refractivity contribution in [3.05, 3.63) is 106 Å². The maximum atomic E-state index is 13.4. The SMILES string of the molecule is O=C1c2ccccc2C(=O)C1C(=O)[C@@H](c1ccccc1)c1ccc(Cl)cc1. The summed E-state index contributed by atoms with van der Waals surface area (Å²) >= 11 is 5.98. The van der Waals surface area contributed by atoms with E-state index in [9.17, 15) is 14.4 Å². The molecule has 0 spiro atoms. The van der Waals surface area contributed by atoms with Crippen molar-refractivity contribution in [2.45, 2.75) is 5.92 Å². The molecule has 1 atom stereocenters. The number of carbonyl (C=O) groups excluding carboxylic acids is 3. The number of benzene rings is 3. The van der Waals surface area contributed by atoms with E-state index in [1.54, 1.807) is 48.5 Å². The van der Waals surface area contributed by atoms with E-state index in [1.807, 2.05) is 30.3 Å². The molecule has 0 bridgehead atoms. The molecule has 4 heteroatoms. The number of hydrogen-bond donors (Lipinski definition) is 0. The summed E-state index contributed by atoms with van der Waals surface area (Å²) in [5, 5.41) is 0.554. The van der Waals surface area contributed by atoms with E-state index in [1.165, 1.54) is 0 Å². The molecule has 1 aliphatic carbocycles. The molecule has 1 aliphatic rings. The molecular weight excluding hydrogens is 360 g/mol. The van der Waals surface area contributed by atoms with E-state index in [0.717, 1.165) is 5.56 Å². The molecule has 0 aromatic heterocycles. The summed E-state index contributed by atoms with van der Waals surface area (Å²) in [6, 6.07) is 22.7. The van der Waals surface area contributed by atoms with Crippen LogP contribution in [-0.4, -0.2) is 17.3 Å². The fourth-order valence-corrected chi connectivity index (χ4v) is 3.72. The number of carbonyl (C=O) groups is 3. The summed E-state index contributed by atoms with van der Waals surface area (Å²) in [7, 11) is 0. The van der Waals surface area contributed by atoms with Crippen molar-refractivity contribution in [2.24, 2.45) is 5.92 Å². The van der Waals surface area contributed by atoms with Crippen molar-refractivity contribution in [1.29, 1.82) is 0 Å². The van der Waals surface area contributed by atoms with Gasteiger partial charge < -0.3 is 0 Å². The predicted molar refractivity (Wildman–Crippen MR) is 103 cm³/mol. The molecule has 0 saturated heterocycles. The summed E-state index contributed by atoms with van der Waals surface area (Å²) in [4.78, 5) is 39.1. The van der Waals surface area contributed by atoms with Gasteiger partial charge in [-0.25, -0.2) is 0 Å². The average Bonchev–Trinajstić information content (AvgIpc) is 2.95. The topological polar surface area (TPSA) is 51.2 Å². The van der Waals surface area contributed by atoms with Crippen LogP contribution in [0.1, 0.15) is 37.8 Å². The van der Waals surface area contributed by atoms with Crippen molar-refractivity contribution >= 4 is 29.0 Å². The lowest BCUT2D eigenvalue weighted by Crippen LogP contribution is -2.31. The second-order valence-corrected chi connectivity index (χ2v) is 6.94. The first-order valence-corrected chi connectivity index (χ1v) is 8.97. The number of rotatable bonds is 4. The highest BCUT2D eigenvalue weighted by Crippen LogP contribution is 2.35. The average molecular weight is 375 g/mol. The van der Waals surface area contributed by atoms with Crippen molar-refractivity contribution in [1.82, 2.24) is 0 Å². The molecule has 27 heavy (non-hydrogen) atoms. The van der Waals surface area contributed by atoms with Gasteiger partial charge in [-0.1, -0.05) is 78.3 Å². The maximum Gasteiger partial charge on any atom is 0.181 e. The maximum absolute atomic E-state index is 13.4. The molecule has 3 aromatic rings. The van der Waals surface area contributed by atoms with Gasteiger partial charge in [-0.05, 0) is 23.3 Å². The van der Waals surface area contributed by atoms with Crippen LogP contribution in [0.4, 0.5) is 0 Å². The zero-order chi connectivity index (χ0) is 19.0. The highest BCUT2D eigenvalue weighted by Gasteiger charge is 2.45. The quantitative estimate of drug-likeness (QED) is 0.620. The molecule has 0 heterocycles. The molecule has 0 N–H and O–H groups in total. The lowest BCUT2D eigenvalue weighted by Gasteiger charge is -2.19. The largest absolute Gasteiger partial charge is 0.297 e. The van der Waals surface area contributed by atoms with Gasteiger partial charge in [0.2, 0.25) is 0 Å². The number of fused-ring (bicyclic) bond motifs is 1. The molecule has 0 unspecified atom stereocenters. The van der Waals surface area contributed by atoms with Crippen LogP contribution in [0.15, 0.2) is 78.9 Å². The fourth-order valence-electron chi connectivity index (χ4n) is 3.59. The van der Waals surface area contributed by atoms with Gasteiger partial charge in [0.1, 0.15) is 5.92 Å². The summed E-state index contributed by atoms with van der Waals surface area (Å²) in [6.45, 7) is 0. The second kappa shape index (κ2) is 6.93. The second-order valence-electron chi connectivity index (χ2n) is 6.50. The molecule has 0 saturated carbocycles. The zero-order valence-electron chi connectivity index (χ0n) is 14.3. The Bertz CT molecular complexity index is 1000. The molecular formula is C23H15ClO3. The van der Waals surface area contributed by atoms with E-state index in [2.05, 4.69) is 0 Å². The highest BCUT2D eigenvalue weighted by atomic mass is 35.5. The Balaban J connectivity index is 1.79. The van der Waals surface area contributed by atoms with Crippen molar-refractivity contribution in [3.63, 3.8) is 0 Å². The Labute approximate surface area is 161 Å².